The van der Waals surface area contributed by atoms with Crippen LogP contribution in [0, 0.1) is 0 Å². The molecular weight excluding hydrogens is 315 g/mol. The van der Waals surface area contributed by atoms with Gasteiger partial charge in [-0.25, -0.2) is 0 Å². The lowest BCUT2D eigenvalue weighted by Gasteiger charge is -2.16. The lowest BCUT2D eigenvalue weighted by atomic mass is 10.0. The number of hydrogen-bond acceptors (Lipinski definition) is 3. The number of benzene rings is 2. The van der Waals surface area contributed by atoms with Crippen molar-refractivity contribution >= 4 is 13.5 Å². The van der Waals surface area contributed by atoms with Crippen molar-refractivity contribution < 1.29 is 19.1 Å². The summed E-state index contributed by atoms with van der Waals surface area (Å²) < 4.78 is 10.9. The SMILES string of the molecule is NC(=O)[C@H](Cc1ccc(-c2ccccc2)cc1)NCP(=O)(O)O. The Morgan fingerprint density at radius 1 is 1.04 bits per heavy atom. The number of primary amides is 1. The van der Waals surface area contributed by atoms with Crippen LogP contribution in [0.3, 0.4) is 0 Å². The van der Waals surface area contributed by atoms with Crippen molar-refractivity contribution in [1.82, 2.24) is 5.32 Å². The molecule has 0 aliphatic rings. The summed E-state index contributed by atoms with van der Waals surface area (Å²) >= 11 is 0. The summed E-state index contributed by atoms with van der Waals surface area (Å²) in [6.45, 7) is 0. The maximum Gasteiger partial charge on any atom is 0.339 e. The van der Waals surface area contributed by atoms with Gasteiger partial charge in [0.15, 0.2) is 0 Å². The molecule has 0 aliphatic carbocycles. The molecule has 2 aromatic carbocycles. The van der Waals surface area contributed by atoms with Gasteiger partial charge in [0.05, 0.1) is 12.3 Å². The van der Waals surface area contributed by atoms with Gasteiger partial charge in [0.2, 0.25) is 5.91 Å². The van der Waals surface area contributed by atoms with E-state index in [9.17, 15) is 9.36 Å². The van der Waals surface area contributed by atoms with Crippen molar-refractivity contribution in [2.75, 3.05) is 6.29 Å². The Morgan fingerprint density at radius 3 is 2.13 bits per heavy atom. The zero-order valence-electron chi connectivity index (χ0n) is 12.4. The number of hydrogen-bond donors (Lipinski definition) is 4. The van der Waals surface area contributed by atoms with Crippen LogP contribution in [-0.2, 0) is 15.8 Å². The molecule has 0 bridgehead atoms. The van der Waals surface area contributed by atoms with Crippen LogP contribution in [-0.4, -0.2) is 28.0 Å². The Balaban J connectivity index is 2.06. The number of amides is 1. The van der Waals surface area contributed by atoms with Crippen LogP contribution in [0.25, 0.3) is 11.1 Å². The predicted molar refractivity (Wildman–Crippen MR) is 88.6 cm³/mol. The van der Waals surface area contributed by atoms with Crippen LogP contribution in [0.4, 0.5) is 0 Å². The van der Waals surface area contributed by atoms with E-state index in [-0.39, 0.29) is 6.42 Å². The maximum atomic E-state index is 11.4. The highest BCUT2D eigenvalue weighted by molar-refractivity contribution is 7.51. The smallest absolute Gasteiger partial charge is 0.339 e. The lowest BCUT2D eigenvalue weighted by Crippen LogP contribution is -2.43. The largest absolute Gasteiger partial charge is 0.368 e. The monoisotopic (exact) mass is 334 g/mol. The van der Waals surface area contributed by atoms with Crippen molar-refractivity contribution in [3.8, 4) is 11.1 Å². The van der Waals surface area contributed by atoms with Crippen LogP contribution in [0.15, 0.2) is 54.6 Å². The van der Waals surface area contributed by atoms with E-state index in [1.54, 1.807) is 0 Å². The first-order valence-corrected chi connectivity index (χ1v) is 8.86. The average molecular weight is 334 g/mol. The fourth-order valence-corrected chi connectivity index (χ4v) is 2.66. The van der Waals surface area contributed by atoms with Gasteiger partial charge in [0, 0.05) is 0 Å². The topological polar surface area (TPSA) is 113 Å². The van der Waals surface area contributed by atoms with E-state index in [2.05, 4.69) is 5.32 Å². The lowest BCUT2D eigenvalue weighted by molar-refractivity contribution is -0.119. The van der Waals surface area contributed by atoms with Crippen molar-refractivity contribution in [2.24, 2.45) is 5.73 Å². The van der Waals surface area contributed by atoms with Gasteiger partial charge in [0.1, 0.15) is 0 Å². The molecule has 0 unspecified atom stereocenters. The van der Waals surface area contributed by atoms with Gasteiger partial charge in [-0.15, -0.1) is 0 Å². The highest BCUT2D eigenvalue weighted by atomic mass is 31.2. The van der Waals surface area contributed by atoms with E-state index >= 15 is 0 Å². The van der Waals surface area contributed by atoms with Crippen molar-refractivity contribution in [3.05, 3.63) is 60.2 Å². The summed E-state index contributed by atoms with van der Waals surface area (Å²) in [6, 6.07) is 16.7. The molecule has 2 rings (SSSR count). The first-order chi connectivity index (χ1) is 10.8. The van der Waals surface area contributed by atoms with Gasteiger partial charge in [-0.3, -0.25) is 14.7 Å². The van der Waals surface area contributed by atoms with E-state index in [0.717, 1.165) is 16.7 Å². The Kier molecular flexibility index (Phi) is 5.69. The van der Waals surface area contributed by atoms with E-state index in [1.165, 1.54) is 0 Å². The zero-order valence-corrected chi connectivity index (χ0v) is 13.3. The van der Waals surface area contributed by atoms with Crippen LogP contribution in [0.5, 0.6) is 0 Å². The molecule has 1 amide bonds. The quantitative estimate of drug-likeness (QED) is 0.573. The number of carbonyl (C=O) groups is 1. The number of rotatable bonds is 7. The second-order valence-electron chi connectivity index (χ2n) is 5.25. The van der Waals surface area contributed by atoms with E-state index in [0.29, 0.717) is 0 Å². The number of nitrogens with one attached hydrogen (secondary N) is 1. The molecule has 5 N–H and O–H groups in total. The molecule has 1 atom stereocenters. The van der Waals surface area contributed by atoms with Gasteiger partial charge in [0.25, 0.3) is 0 Å². The number of carbonyl (C=O) groups excluding carboxylic acids is 1. The summed E-state index contributed by atoms with van der Waals surface area (Å²) in [6.07, 6.45) is -0.312. The summed E-state index contributed by atoms with van der Waals surface area (Å²) in [5.74, 6) is -0.648. The Labute approximate surface area is 134 Å². The normalized spacial score (nSPS) is 12.8. The molecule has 0 heterocycles. The first-order valence-electron chi connectivity index (χ1n) is 7.07. The fraction of sp³-hybridized carbons (Fsp3) is 0.188. The van der Waals surface area contributed by atoms with Crippen molar-refractivity contribution in [1.29, 1.82) is 0 Å². The third-order valence-corrected chi connectivity index (χ3v) is 3.98. The summed E-state index contributed by atoms with van der Waals surface area (Å²) in [5.41, 5.74) is 8.27. The predicted octanol–water partition coefficient (Wildman–Crippen LogP) is 1.47. The maximum absolute atomic E-state index is 11.4. The molecule has 7 heteroatoms. The highest BCUT2D eigenvalue weighted by Crippen LogP contribution is 2.32. The molecule has 0 saturated carbocycles. The molecule has 23 heavy (non-hydrogen) atoms. The van der Waals surface area contributed by atoms with Gasteiger partial charge < -0.3 is 15.5 Å². The summed E-state index contributed by atoms with van der Waals surface area (Å²) in [5, 5.41) is 2.52. The molecule has 0 fully saturated rings. The second kappa shape index (κ2) is 7.53. The molecule has 0 saturated heterocycles. The Morgan fingerprint density at radius 2 is 1.61 bits per heavy atom. The fourth-order valence-electron chi connectivity index (χ4n) is 2.20. The third-order valence-electron chi connectivity index (χ3n) is 3.39. The standard InChI is InChI=1S/C16H19N2O4P/c17-16(19)15(18-11-23(20,21)22)10-12-6-8-14(9-7-12)13-4-2-1-3-5-13/h1-9,15,18H,10-11H2,(H2,17,19)(H2,20,21,22)/t15-/m0/s1. The molecule has 6 nitrogen and oxygen atoms in total. The van der Waals surface area contributed by atoms with Gasteiger partial charge in [-0.2, -0.15) is 0 Å². The molecular formula is C16H19N2O4P. The van der Waals surface area contributed by atoms with Crippen molar-refractivity contribution in [2.45, 2.75) is 12.5 Å². The minimum atomic E-state index is -4.23. The summed E-state index contributed by atoms with van der Waals surface area (Å²) in [4.78, 5) is 29.2. The van der Waals surface area contributed by atoms with Gasteiger partial charge >= 0.3 is 7.60 Å². The van der Waals surface area contributed by atoms with Crippen LogP contribution in [0.1, 0.15) is 5.56 Å². The second-order valence-corrected chi connectivity index (χ2v) is 6.89. The van der Waals surface area contributed by atoms with E-state index in [4.69, 9.17) is 15.5 Å². The molecule has 0 aliphatic heterocycles. The summed E-state index contributed by atoms with van der Waals surface area (Å²) in [7, 11) is -4.23. The first kappa shape index (κ1) is 17.4. The van der Waals surface area contributed by atoms with Gasteiger partial charge in [-0.1, -0.05) is 54.6 Å². The average Bonchev–Trinajstić information content (AvgIpc) is 2.51. The molecule has 122 valence electrons. The molecule has 0 radical (unpaired) electrons. The van der Waals surface area contributed by atoms with E-state index < -0.39 is 25.8 Å². The molecule has 0 aromatic heterocycles. The molecule has 0 spiro atoms. The minimum absolute atomic E-state index is 0.268. The van der Waals surface area contributed by atoms with Crippen LogP contribution >= 0.6 is 7.60 Å². The van der Waals surface area contributed by atoms with Crippen LogP contribution < -0.4 is 11.1 Å². The minimum Gasteiger partial charge on any atom is -0.368 e. The Hall–Kier alpha value is -1.98. The third kappa shape index (κ3) is 5.62. The van der Waals surface area contributed by atoms with Crippen molar-refractivity contribution in [3.63, 3.8) is 0 Å². The Bertz CT molecular complexity index is 698. The number of nitrogens with two attached hydrogens (primary N) is 1. The van der Waals surface area contributed by atoms with Gasteiger partial charge in [-0.05, 0) is 23.1 Å². The molecule has 2 aromatic rings. The van der Waals surface area contributed by atoms with Crippen LogP contribution in [0.2, 0.25) is 0 Å². The zero-order chi connectivity index (χ0) is 16.9. The van der Waals surface area contributed by atoms with E-state index in [1.807, 2.05) is 54.6 Å². The highest BCUT2D eigenvalue weighted by Gasteiger charge is 2.20.